The minimum Gasteiger partial charge on any atom is -0.378 e. The van der Waals surface area contributed by atoms with Gasteiger partial charge < -0.3 is 5.11 Å². The van der Waals surface area contributed by atoms with Crippen LogP contribution in [-0.4, -0.2) is 23.7 Å². The van der Waals surface area contributed by atoms with E-state index in [1.54, 1.807) is 6.21 Å². The van der Waals surface area contributed by atoms with Crippen molar-refractivity contribution in [1.29, 1.82) is 0 Å². The lowest BCUT2D eigenvalue weighted by atomic mass is 9.92. The summed E-state index contributed by atoms with van der Waals surface area (Å²) in [6.07, 6.45) is 2.03. The maximum absolute atomic E-state index is 9.24. The molecule has 1 aliphatic heterocycles. The van der Waals surface area contributed by atoms with Crippen molar-refractivity contribution in [3.05, 3.63) is 0 Å². The number of aliphatic hydroxyl groups excluding tert-OH is 1. The number of hydrogen-bond donors (Lipinski definition) is 2. The highest BCUT2D eigenvalue weighted by Crippen LogP contribution is 2.21. The lowest BCUT2D eigenvalue weighted by Gasteiger charge is -2.32. The van der Waals surface area contributed by atoms with Gasteiger partial charge in [0.25, 0.3) is 0 Å². The molecule has 0 fully saturated rings. The summed E-state index contributed by atoms with van der Waals surface area (Å²) in [5, 5.41) is 12.3. The van der Waals surface area contributed by atoms with Crippen LogP contribution in [0, 0.1) is 5.41 Å². The summed E-state index contributed by atoms with van der Waals surface area (Å²) >= 11 is 0. The van der Waals surface area contributed by atoms with Gasteiger partial charge in [-0.15, -0.1) is 0 Å². The Morgan fingerprint density at radius 2 is 2.18 bits per heavy atom. The first-order chi connectivity index (χ1) is 5.00. The van der Waals surface area contributed by atoms with Crippen molar-refractivity contribution >= 4 is 6.21 Å². The third-order valence-corrected chi connectivity index (χ3v) is 1.75. The summed E-state index contributed by atoms with van der Waals surface area (Å²) < 4.78 is 0. The van der Waals surface area contributed by atoms with Crippen LogP contribution in [0.1, 0.15) is 27.2 Å². The van der Waals surface area contributed by atoms with E-state index in [1.807, 2.05) is 0 Å². The molecule has 0 saturated heterocycles. The number of aliphatic imine (C=N–C) groups is 1. The van der Waals surface area contributed by atoms with Crippen LogP contribution in [0.4, 0.5) is 0 Å². The molecule has 1 heterocycles. The van der Waals surface area contributed by atoms with Gasteiger partial charge in [0.15, 0.2) is 0 Å². The summed E-state index contributed by atoms with van der Waals surface area (Å²) in [6.45, 7) is 6.29. The van der Waals surface area contributed by atoms with Crippen molar-refractivity contribution in [2.24, 2.45) is 10.4 Å². The zero-order chi connectivity index (χ0) is 8.48. The van der Waals surface area contributed by atoms with Gasteiger partial charge in [-0.2, -0.15) is 0 Å². The maximum atomic E-state index is 9.24. The molecule has 0 spiro atoms. The molecule has 0 aromatic rings. The van der Waals surface area contributed by atoms with E-state index in [1.165, 1.54) is 0 Å². The summed E-state index contributed by atoms with van der Waals surface area (Å²) in [7, 11) is 0. The van der Waals surface area contributed by atoms with Crippen LogP contribution in [0.2, 0.25) is 0 Å². The van der Waals surface area contributed by atoms with Crippen molar-refractivity contribution in [2.75, 3.05) is 0 Å². The number of aliphatic hydroxyl groups is 1. The normalized spacial score (nSPS) is 32.4. The molecule has 2 unspecified atom stereocenters. The molecule has 0 saturated carbocycles. The summed E-state index contributed by atoms with van der Waals surface area (Å²) in [4.78, 5) is 4.26. The fourth-order valence-corrected chi connectivity index (χ4v) is 1.03. The number of hydrogen-bond acceptors (Lipinski definition) is 3. The first-order valence-electron chi connectivity index (χ1n) is 3.96. The molecule has 0 aromatic heterocycles. The Morgan fingerprint density at radius 1 is 1.55 bits per heavy atom. The average molecular weight is 156 g/mol. The van der Waals surface area contributed by atoms with Gasteiger partial charge in [0.1, 0.15) is 12.4 Å². The lowest BCUT2D eigenvalue weighted by Crippen LogP contribution is -2.47. The fraction of sp³-hybridized carbons (Fsp3) is 0.875. The third kappa shape index (κ3) is 2.27. The average Bonchev–Trinajstić information content (AvgIpc) is 1.86. The second-order valence-electron chi connectivity index (χ2n) is 4.02. The first-order valence-corrected chi connectivity index (χ1v) is 3.96. The van der Waals surface area contributed by atoms with Crippen LogP contribution in [0.25, 0.3) is 0 Å². The Balaban J connectivity index is 2.60. The van der Waals surface area contributed by atoms with Crippen molar-refractivity contribution in [3.63, 3.8) is 0 Å². The molecule has 3 heteroatoms. The molecular formula is C8H16N2O. The van der Waals surface area contributed by atoms with Gasteiger partial charge in [-0.1, -0.05) is 20.8 Å². The predicted octanol–water partition coefficient (Wildman–Crippen LogP) is 0.741. The Hall–Kier alpha value is -0.410. The van der Waals surface area contributed by atoms with Crippen LogP contribution in [0.5, 0.6) is 0 Å². The Bertz CT molecular complexity index is 160. The van der Waals surface area contributed by atoms with E-state index in [4.69, 9.17) is 0 Å². The molecule has 3 nitrogen and oxygen atoms in total. The molecule has 0 radical (unpaired) electrons. The minimum absolute atomic E-state index is 0.0475. The maximum Gasteiger partial charge on any atom is 0.111 e. The molecule has 2 N–H and O–H groups in total. The van der Waals surface area contributed by atoms with E-state index in [-0.39, 0.29) is 11.6 Å². The summed E-state index contributed by atoms with van der Waals surface area (Å²) in [6, 6.07) is 0. The van der Waals surface area contributed by atoms with Gasteiger partial charge in [0.05, 0.1) is 0 Å². The van der Waals surface area contributed by atoms with Crippen LogP contribution >= 0.6 is 0 Å². The predicted molar refractivity (Wildman–Crippen MR) is 45.5 cm³/mol. The van der Waals surface area contributed by atoms with Gasteiger partial charge in [-0.25, -0.2) is 0 Å². The molecule has 0 aromatic carbocycles. The van der Waals surface area contributed by atoms with Crippen molar-refractivity contribution < 1.29 is 5.11 Å². The Morgan fingerprint density at radius 3 is 2.55 bits per heavy atom. The van der Waals surface area contributed by atoms with Crippen molar-refractivity contribution in [1.82, 2.24) is 5.32 Å². The lowest BCUT2D eigenvalue weighted by molar-refractivity contribution is 0.0953. The molecular weight excluding hydrogens is 140 g/mol. The molecule has 64 valence electrons. The number of rotatable bonds is 0. The molecule has 1 rings (SSSR count). The van der Waals surface area contributed by atoms with Gasteiger partial charge >= 0.3 is 0 Å². The van der Waals surface area contributed by atoms with E-state index in [0.717, 1.165) is 0 Å². The zero-order valence-corrected chi connectivity index (χ0v) is 7.33. The minimum atomic E-state index is -0.420. The van der Waals surface area contributed by atoms with E-state index < -0.39 is 6.23 Å². The number of nitrogens with zero attached hydrogens (tertiary/aromatic N) is 1. The SMILES string of the molecule is CC(C)(C)C1N=CCC(O)N1. The Labute approximate surface area is 67.5 Å². The van der Waals surface area contributed by atoms with E-state index in [0.29, 0.717) is 6.42 Å². The molecule has 1 aliphatic rings. The van der Waals surface area contributed by atoms with Crippen LogP contribution in [-0.2, 0) is 0 Å². The quantitative estimate of drug-likeness (QED) is 0.543. The second kappa shape index (κ2) is 2.91. The molecule has 0 amide bonds. The highest BCUT2D eigenvalue weighted by Gasteiger charge is 2.26. The molecule has 2 atom stereocenters. The largest absolute Gasteiger partial charge is 0.378 e. The van der Waals surface area contributed by atoms with Crippen molar-refractivity contribution in [2.45, 2.75) is 39.6 Å². The third-order valence-electron chi connectivity index (χ3n) is 1.75. The zero-order valence-electron chi connectivity index (χ0n) is 7.33. The summed E-state index contributed by atoms with van der Waals surface area (Å²) in [5.41, 5.74) is 0.0813. The van der Waals surface area contributed by atoms with Crippen molar-refractivity contribution in [3.8, 4) is 0 Å². The van der Waals surface area contributed by atoms with E-state index in [2.05, 4.69) is 31.1 Å². The van der Waals surface area contributed by atoms with Gasteiger partial charge in [0, 0.05) is 12.6 Å². The highest BCUT2D eigenvalue weighted by atomic mass is 16.3. The standard InChI is InChI=1S/C8H16N2O/c1-8(2,3)7-9-5-4-6(11)10-7/h5-7,10-11H,4H2,1-3H3. The highest BCUT2D eigenvalue weighted by molar-refractivity contribution is 5.59. The van der Waals surface area contributed by atoms with Gasteiger partial charge in [0.2, 0.25) is 0 Å². The van der Waals surface area contributed by atoms with E-state index >= 15 is 0 Å². The van der Waals surface area contributed by atoms with Gasteiger partial charge in [-0.3, -0.25) is 10.3 Å². The fourth-order valence-electron chi connectivity index (χ4n) is 1.03. The van der Waals surface area contributed by atoms with Crippen LogP contribution in [0.3, 0.4) is 0 Å². The Kier molecular flexibility index (Phi) is 2.30. The topological polar surface area (TPSA) is 44.6 Å². The monoisotopic (exact) mass is 156 g/mol. The second-order valence-corrected chi connectivity index (χ2v) is 4.02. The smallest absolute Gasteiger partial charge is 0.111 e. The number of nitrogens with one attached hydrogen (secondary N) is 1. The van der Waals surface area contributed by atoms with Crippen LogP contribution < -0.4 is 5.32 Å². The van der Waals surface area contributed by atoms with Crippen LogP contribution in [0.15, 0.2) is 4.99 Å². The molecule has 0 aliphatic carbocycles. The first kappa shape index (κ1) is 8.68. The van der Waals surface area contributed by atoms with Gasteiger partial charge in [-0.05, 0) is 5.41 Å². The molecule has 11 heavy (non-hydrogen) atoms. The van der Waals surface area contributed by atoms with E-state index in [9.17, 15) is 5.11 Å². The summed E-state index contributed by atoms with van der Waals surface area (Å²) in [5.74, 6) is 0. The molecule has 0 bridgehead atoms.